The molecule has 1 aromatic heterocycles. The van der Waals surface area contributed by atoms with Crippen molar-refractivity contribution in [1.29, 1.82) is 0 Å². The molecule has 0 aliphatic rings. The Balaban J connectivity index is 2.34. The zero-order valence-corrected chi connectivity index (χ0v) is 16.5. The van der Waals surface area contributed by atoms with E-state index >= 15 is 0 Å². The smallest absolute Gasteiger partial charge is 0.269 e. The number of ketones is 1. The Hall–Kier alpha value is -1.95. The summed E-state index contributed by atoms with van der Waals surface area (Å²) >= 11 is 0. The van der Waals surface area contributed by atoms with E-state index in [0.29, 0.717) is 18.7 Å². The van der Waals surface area contributed by atoms with Crippen LogP contribution >= 0.6 is 0 Å². The van der Waals surface area contributed by atoms with Crippen LogP contribution in [0.4, 0.5) is 0 Å². The largest absolute Gasteiger partial charge is 0.292 e. The second kappa shape index (κ2) is 9.67. The van der Waals surface area contributed by atoms with Crippen molar-refractivity contribution >= 4 is 15.8 Å². The first kappa shape index (κ1) is 20.4. The standard InChI is InChI=1S/C20H28N2O3S/c1-3-5-8-14-19(23)18-16-22(20(21-18)15-9-6-4-2)26(24,25)17-12-10-7-11-13-17/h7,10-13,16H,3-6,8-9,14-15H2,1-2H3. The van der Waals surface area contributed by atoms with Gasteiger partial charge < -0.3 is 0 Å². The molecule has 0 amide bonds. The number of hydrogen-bond acceptors (Lipinski definition) is 4. The zero-order valence-electron chi connectivity index (χ0n) is 15.6. The number of Topliss-reactive ketones (excluding diaryl/α,β-unsaturated/α-hetero) is 1. The minimum atomic E-state index is -3.74. The van der Waals surface area contributed by atoms with Crippen LogP contribution in [0, 0.1) is 0 Å². The van der Waals surface area contributed by atoms with Crippen molar-refractivity contribution < 1.29 is 13.2 Å². The van der Waals surface area contributed by atoms with Gasteiger partial charge in [-0.3, -0.25) is 4.79 Å². The predicted molar refractivity (Wildman–Crippen MR) is 103 cm³/mol. The molecular formula is C20H28N2O3S. The quantitative estimate of drug-likeness (QED) is 0.424. The Morgan fingerprint density at radius 3 is 2.31 bits per heavy atom. The van der Waals surface area contributed by atoms with Crippen LogP contribution < -0.4 is 0 Å². The Kier molecular flexibility index (Phi) is 7.57. The normalized spacial score (nSPS) is 11.6. The summed E-state index contributed by atoms with van der Waals surface area (Å²) in [7, 11) is -3.74. The maximum atomic E-state index is 13.0. The van der Waals surface area contributed by atoms with E-state index in [2.05, 4.69) is 18.8 Å². The molecule has 26 heavy (non-hydrogen) atoms. The van der Waals surface area contributed by atoms with Gasteiger partial charge in [0.1, 0.15) is 11.5 Å². The van der Waals surface area contributed by atoms with Gasteiger partial charge in [0, 0.05) is 12.8 Å². The highest BCUT2D eigenvalue weighted by atomic mass is 32.2. The minimum Gasteiger partial charge on any atom is -0.292 e. The summed E-state index contributed by atoms with van der Waals surface area (Å²) in [6, 6.07) is 8.29. The predicted octanol–water partition coefficient (Wildman–Crippen LogP) is 4.62. The molecule has 0 N–H and O–H groups in total. The first-order valence-electron chi connectivity index (χ1n) is 9.42. The molecule has 5 nitrogen and oxygen atoms in total. The fourth-order valence-corrected chi connectivity index (χ4v) is 4.19. The van der Waals surface area contributed by atoms with Gasteiger partial charge in [-0.2, -0.15) is 0 Å². The summed E-state index contributed by atoms with van der Waals surface area (Å²) in [4.78, 5) is 17.0. The average molecular weight is 377 g/mol. The van der Waals surface area contributed by atoms with E-state index in [9.17, 15) is 13.2 Å². The molecule has 0 bridgehead atoms. The Labute approximate surface area is 156 Å². The molecule has 6 heteroatoms. The van der Waals surface area contributed by atoms with Crippen LogP contribution in [0.1, 0.15) is 75.1 Å². The summed E-state index contributed by atoms with van der Waals surface area (Å²) in [6.07, 6.45) is 8.06. The molecule has 0 saturated heterocycles. The highest BCUT2D eigenvalue weighted by Crippen LogP contribution is 2.19. The second-order valence-corrected chi connectivity index (χ2v) is 8.31. The first-order chi connectivity index (χ1) is 12.5. The average Bonchev–Trinajstić information content (AvgIpc) is 3.08. The van der Waals surface area contributed by atoms with Gasteiger partial charge in [-0.05, 0) is 25.0 Å². The van der Waals surface area contributed by atoms with Crippen LogP contribution in [0.2, 0.25) is 0 Å². The van der Waals surface area contributed by atoms with Crippen LogP contribution in [-0.4, -0.2) is 23.2 Å². The van der Waals surface area contributed by atoms with Crippen LogP contribution in [0.5, 0.6) is 0 Å². The molecule has 0 fully saturated rings. The lowest BCUT2D eigenvalue weighted by molar-refractivity contribution is 0.0975. The number of nitrogens with zero attached hydrogens (tertiary/aromatic N) is 2. The molecule has 1 aromatic carbocycles. The van der Waals surface area contributed by atoms with Crippen molar-refractivity contribution in [3.05, 3.63) is 48.0 Å². The molecule has 0 spiro atoms. The highest BCUT2D eigenvalue weighted by Gasteiger charge is 2.23. The summed E-state index contributed by atoms with van der Waals surface area (Å²) in [5.74, 6) is 0.360. The van der Waals surface area contributed by atoms with E-state index < -0.39 is 10.0 Å². The van der Waals surface area contributed by atoms with Crippen LogP contribution in [0.25, 0.3) is 0 Å². The van der Waals surface area contributed by atoms with Crippen molar-refractivity contribution in [2.75, 3.05) is 0 Å². The molecule has 0 radical (unpaired) electrons. The van der Waals surface area contributed by atoms with E-state index in [1.807, 2.05) is 0 Å². The third-order valence-electron chi connectivity index (χ3n) is 4.34. The van der Waals surface area contributed by atoms with Gasteiger partial charge in [0.25, 0.3) is 10.0 Å². The summed E-state index contributed by atoms with van der Waals surface area (Å²) in [6.45, 7) is 4.17. The van der Waals surface area contributed by atoms with Crippen LogP contribution in [-0.2, 0) is 16.4 Å². The number of imidazole rings is 1. The summed E-state index contributed by atoms with van der Waals surface area (Å²) < 4.78 is 27.2. The van der Waals surface area contributed by atoms with Gasteiger partial charge in [0.2, 0.25) is 0 Å². The summed E-state index contributed by atoms with van der Waals surface area (Å²) in [5.41, 5.74) is 0.257. The maximum absolute atomic E-state index is 13.0. The molecule has 1 heterocycles. The molecule has 0 saturated carbocycles. The molecule has 2 rings (SSSR count). The van der Waals surface area contributed by atoms with Gasteiger partial charge in [-0.25, -0.2) is 17.4 Å². The number of aromatic nitrogens is 2. The van der Waals surface area contributed by atoms with Crippen molar-refractivity contribution in [3.8, 4) is 0 Å². The van der Waals surface area contributed by atoms with E-state index in [1.165, 1.54) is 10.2 Å². The molecule has 0 unspecified atom stereocenters. The molecule has 0 aliphatic heterocycles. The lowest BCUT2D eigenvalue weighted by atomic mass is 10.1. The Bertz CT molecular complexity index is 811. The Morgan fingerprint density at radius 1 is 1.00 bits per heavy atom. The van der Waals surface area contributed by atoms with E-state index in [4.69, 9.17) is 0 Å². The van der Waals surface area contributed by atoms with Gasteiger partial charge in [-0.1, -0.05) is 57.7 Å². The maximum Gasteiger partial charge on any atom is 0.269 e. The van der Waals surface area contributed by atoms with Crippen molar-refractivity contribution in [2.45, 2.75) is 70.1 Å². The third-order valence-corrected chi connectivity index (χ3v) is 6.04. The number of unbranched alkanes of at least 4 members (excludes halogenated alkanes) is 4. The summed E-state index contributed by atoms with van der Waals surface area (Å²) in [5, 5.41) is 0. The van der Waals surface area contributed by atoms with Crippen LogP contribution in [0.15, 0.2) is 41.4 Å². The number of aryl methyl sites for hydroxylation is 1. The van der Waals surface area contributed by atoms with Gasteiger partial charge in [0.15, 0.2) is 5.78 Å². The number of carbonyl (C=O) groups excluding carboxylic acids is 1. The SMILES string of the molecule is CCCCCC(=O)c1cn(S(=O)(=O)c2ccccc2)c(CCCCC)n1. The minimum absolute atomic E-state index is 0.0859. The van der Waals surface area contributed by atoms with Gasteiger partial charge in [-0.15, -0.1) is 0 Å². The van der Waals surface area contributed by atoms with E-state index in [-0.39, 0.29) is 16.4 Å². The zero-order chi connectivity index (χ0) is 19.0. The lowest BCUT2D eigenvalue weighted by Gasteiger charge is -2.08. The number of benzene rings is 1. The van der Waals surface area contributed by atoms with Crippen molar-refractivity contribution in [1.82, 2.24) is 8.96 Å². The third kappa shape index (κ3) is 5.04. The number of rotatable bonds is 11. The first-order valence-corrected chi connectivity index (χ1v) is 10.9. The monoisotopic (exact) mass is 376 g/mol. The number of hydrogen-bond donors (Lipinski definition) is 0. The fraction of sp³-hybridized carbons (Fsp3) is 0.500. The van der Waals surface area contributed by atoms with Gasteiger partial charge in [0.05, 0.1) is 11.1 Å². The van der Waals surface area contributed by atoms with Crippen LogP contribution in [0.3, 0.4) is 0 Å². The topological polar surface area (TPSA) is 69.0 Å². The molecular weight excluding hydrogens is 348 g/mol. The molecule has 142 valence electrons. The molecule has 0 aliphatic carbocycles. The lowest BCUT2D eigenvalue weighted by Crippen LogP contribution is -2.15. The highest BCUT2D eigenvalue weighted by molar-refractivity contribution is 7.90. The Morgan fingerprint density at radius 2 is 1.65 bits per heavy atom. The molecule has 0 atom stereocenters. The van der Waals surface area contributed by atoms with E-state index in [0.717, 1.165) is 38.5 Å². The van der Waals surface area contributed by atoms with Crippen molar-refractivity contribution in [3.63, 3.8) is 0 Å². The van der Waals surface area contributed by atoms with Crippen molar-refractivity contribution in [2.24, 2.45) is 0 Å². The fourth-order valence-electron chi connectivity index (χ4n) is 2.81. The van der Waals surface area contributed by atoms with Gasteiger partial charge >= 0.3 is 0 Å². The molecule has 2 aromatic rings. The van der Waals surface area contributed by atoms with E-state index in [1.54, 1.807) is 30.3 Å². The number of carbonyl (C=O) groups is 1. The second-order valence-electron chi connectivity index (χ2n) is 6.49.